The number of rotatable bonds is 4. The van der Waals surface area contributed by atoms with E-state index in [1.165, 1.54) is 31.8 Å². The predicted octanol–water partition coefficient (Wildman–Crippen LogP) is 2.49. The summed E-state index contributed by atoms with van der Waals surface area (Å²) >= 11 is 0. The number of allylic oxidation sites excluding steroid dienone is 1. The minimum absolute atomic E-state index is 0.0762. The Morgan fingerprint density at radius 1 is 1.16 bits per heavy atom. The molecule has 0 aromatic rings. The van der Waals surface area contributed by atoms with Crippen molar-refractivity contribution in [2.75, 3.05) is 6.54 Å². The largest absolute Gasteiger partial charge is 0.478 e. The van der Waals surface area contributed by atoms with Crippen molar-refractivity contribution in [2.45, 2.75) is 51.4 Å². The van der Waals surface area contributed by atoms with E-state index in [2.05, 4.69) is 5.32 Å². The molecule has 2 rings (SSSR count). The molecule has 0 aliphatic heterocycles. The van der Waals surface area contributed by atoms with Gasteiger partial charge in [-0.15, -0.1) is 0 Å². The molecule has 19 heavy (non-hydrogen) atoms. The van der Waals surface area contributed by atoms with Gasteiger partial charge in [0.1, 0.15) is 0 Å². The Hall–Kier alpha value is -1.32. The van der Waals surface area contributed by atoms with E-state index in [-0.39, 0.29) is 11.8 Å². The summed E-state index contributed by atoms with van der Waals surface area (Å²) in [7, 11) is 0. The third kappa shape index (κ3) is 4.37. The third-order valence-corrected chi connectivity index (χ3v) is 4.37. The second-order valence-electron chi connectivity index (χ2n) is 5.81. The summed E-state index contributed by atoms with van der Waals surface area (Å²) in [4.78, 5) is 22.6. The maximum Gasteiger partial charge on any atom is 0.328 e. The Labute approximate surface area is 114 Å². The van der Waals surface area contributed by atoms with Crippen LogP contribution in [0, 0.1) is 11.8 Å². The highest BCUT2D eigenvalue weighted by atomic mass is 16.4. The molecule has 2 aliphatic rings. The topological polar surface area (TPSA) is 66.4 Å². The Bertz CT molecular complexity index is 360. The van der Waals surface area contributed by atoms with Gasteiger partial charge in [0, 0.05) is 18.5 Å². The molecule has 0 unspecified atom stereocenters. The Balaban J connectivity index is 1.71. The van der Waals surface area contributed by atoms with E-state index in [4.69, 9.17) is 5.11 Å². The number of aliphatic carboxylic acids is 1. The highest BCUT2D eigenvalue weighted by Gasteiger charge is 2.24. The number of amides is 1. The monoisotopic (exact) mass is 265 g/mol. The molecule has 0 heterocycles. The summed E-state index contributed by atoms with van der Waals surface area (Å²) in [5.41, 5.74) is 0.965. The van der Waals surface area contributed by atoms with Gasteiger partial charge in [-0.25, -0.2) is 4.79 Å². The third-order valence-electron chi connectivity index (χ3n) is 4.37. The fourth-order valence-electron chi connectivity index (χ4n) is 3.17. The molecule has 0 aromatic carbocycles. The van der Waals surface area contributed by atoms with Crippen molar-refractivity contribution in [1.29, 1.82) is 0 Å². The van der Waals surface area contributed by atoms with Gasteiger partial charge in [-0.05, 0) is 44.4 Å². The van der Waals surface area contributed by atoms with E-state index >= 15 is 0 Å². The van der Waals surface area contributed by atoms with E-state index in [1.807, 2.05) is 0 Å². The van der Waals surface area contributed by atoms with Crippen LogP contribution in [0.25, 0.3) is 0 Å². The number of carboxylic acid groups (broad SMARTS) is 1. The lowest BCUT2D eigenvalue weighted by Gasteiger charge is -2.23. The Morgan fingerprint density at radius 3 is 2.37 bits per heavy atom. The lowest BCUT2D eigenvalue weighted by Crippen LogP contribution is -2.35. The Morgan fingerprint density at radius 2 is 1.79 bits per heavy atom. The Kier molecular flexibility index (Phi) is 5.00. The minimum atomic E-state index is -0.876. The SMILES string of the molecule is O=C(O)C=C1CCC(C(=O)NCC2CCCC2)CC1. The molecule has 0 radical (unpaired) electrons. The first-order valence-electron chi connectivity index (χ1n) is 7.35. The zero-order chi connectivity index (χ0) is 13.7. The molecule has 0 spiro atoms. The molecule has 2 aliphatic carbocycles. The van der Waals surface area contributed by atoms with Crippen molar-refractivity contribution in [3.8, 4) is 0 Å². The van der Waals surface area contributed by atoms with Gasteiger partial charge in [-0.3, -0.25) is 4.79 Å². The normalized spacial score (nSPS) is 24.2. The van der Waals surface area contributed by atoms with Crippen molar-refractivity contribution in [1.82, 2.24) is 5.32 Å². The van der Waals surface area contributed by atoms with Crippen LogP contribution in [-0.2, 0) is 9.59 Å². The first-order chi connectivity index (χ1) is 9.15. The number of nitrogens with one attached hydrogen (secondary N) is 1. The van der Waals surface area contributed by atoms with Crippen LogP contribution < -0.4 is 5.32 Å². The zero-order valence-corrected chi connectivity index (χ0v) is 11.4. The van der Waals surface area contributed by atoms with E-state index in [0.717, 1.165) is 37.8 Å². The number of hydrogen-bond donors (Lipinski definition) is 2. The molecule has 0 saturated heterocycles. The average molecular weight is 265 g/mol. The molecule has 2 saturated carbocycles. The molecule has 4 nitrogen and oxygen atoms in total. The van der Waals surface area contributed by atoms with Crippen molar-refractivity contribution in [3.05, 3.63) is 11.6 Å². The van der Waals surface area contributed by atoms with E-state index in [1.54, 1.807) is 0 Å². The molecular formula is C15H23NO3. The second kappa shape index (κ2) is 6.73. The predicted molar refractivity (Wildman–Crippen MR) is 72.6 cm³/mol. The molecule has 2 N–H and O–H groups in total. The van der Waals surface area contributed by atoms with Gasteiger partial charge in [0.25, 0.3) is 0 Å². The van der Waals surface area contributed by atoms with Gasteiger partial charge in [0.05, 0.1) is 0 Å². The summed E-state index contributed by atoms with van der Waals surface area (Å²) in [6.45, 7) is 0.827. The van der Waals surface area contributed by atoms with Crippen LogP contribution >= 0.6 is 0 Å². The standard InChI is InChI=1S/C15H23NO3/c17-14(18)9-11-5-7-13(8-6-11)15(19)16-10-12-3-1-2-4-12/h9,12-13H,1-8,10H2,(H,16,19)(H,17,18). The minimum Gasteiger partial charge on any atom is -0.478 e. The first kappa shape index (κ1) is 14.1. The van der Waals surface area contributed by atoms with Crippen molar-refractivity contribution in [3.63, 3.8) is 0 Å². The molecule has 1 amide bonds. The maximum absolute atomic E-state index is 12.0. The van der Waals surface area contributed by atoms with Crippen molar-refractivity contribution < 1.29 is 14.7 Å². The van der Waals surface area contributed by atoms with Crippen LogP contribution in [0.5, 0.6) is 0 Å². The molecule has 2 fully saturated rings. The smallest absolute Gasteiger partial charge is 0.328 e. The van der Waals surface area contributed by atoms with Crippen LogP contribution in [0.15, 0.2) is 11.6 Å². The van der Waals surface area contributed by atoms with Gasteiger partial charge in [0.15, 0.2) is 0 Å². The van der Waals surface area contributed by atoms with Crippen molar-refractivity contribution in [2.24, 2.45) is 11.8 Å². The fraction of sp³-hybridized carbons (Fsp3) is 0.733. The van der Waals surface area contributed by atoms with Crippen LogP contribution in [-0.4, -0.2) is 23.5 Å². The molecule has 0 atom stereocenters. The van der Waals surface area contributed by atoms with Gasteiger partial charge in [-0.1, -0.05) is 18.4 Å². The first-order valence-corrected chi connectivity index (χ1v) is 7.35. The fourth-order valence-corrected chi connectivity index (χ4v) is 3.17. The summed E-state index contributed by atoms with van der Waals surface area (Å²) in [5.74, 6) is 0.0442. The summed E-state index contributed by atoms with van der Waals surface area (Å²) in [6, 6.07) is 0. The number of carbonyl (C=O) groups excluding carboxylic acids is 1. The summed E-state index contributed by atoms with van der Waals surface area (Å²) in [5, 5.41) is 11.8. The quantitative estimate of drug-likeness (QED) is 0.767. The number of carboxylic acids is 1. The molecule has 4 heteroatoms. The van der Waals surface area contributed by atoms with Gasteiger partial charge in [-0.2, -0.15) is 0 Å². The lowest BCUT2D eigenvalue weighted by molar-refractivity contribution is -0.131. The summed E-state index contributed by atoms with van der Waals surface area (Å²) in [6.07, 6.45) is 9.45. The van der Waals surface area contributed by atoms with Crippen LogP contribution in [0.2, 0.25) is 0 Å². The van der Waals surface area contributed by atoms with Gasteiger partial charge >= 0.3 is 5.97 Å². The number of hydrogen-bond acceptors (Lipinski definition) is 2. The summed E-state index contributed by atoms with van der Waals surface area (Å²) < 4.78 is 0. The van der Waals surface area contributed by atoms with Gasteiger partial charge in [0.2, 0.25) is 5.91 Å². The van der Waals surface area contributed by atoms with Gasteiger partial charge < -0.3 is 10.4 Å². The molecule has 0 aromatic heterocycles. The van der Waals surface area contributed by atoms with Crippen LogP contribution in [0.3, 0.4) is 0 Å². The molecular weight excluding hydrogens is 242 g/mol. The lowest BCUT2D eigenvalue weighted by atomic mass is 9.85. The van der Waals surface area contributed by atoms with E-state index < -0.39 is 5.97 Å². The molecule has 0 bridgehead atoms. The average Bonchev–Trinajstić information content (AvgIpc) is 2.89. The van der Waals surface area contributed by atoms with E-state index in [0.29, 0.717) is 5.92 Å². The van der Waals surface area contributed by atoms with Crippen molar-refractivity contribution >= 4 is 11.9 Å². The number of carbonyl (C=O) groups is 2. The van der Waals surface area contributed by atoms with Crippen LogP contribution in [0.4, 0.5) is 0 Å². The maximum atomic E-state index is 12.0. The van der Waals surface area contributed by atoms with E-state index in [9.17, 15) is 9.59 Å². The molecule has 106 valence electrons. The highest BCUT2D eigenvalue weighted by Crippen LogP contribution is 2.29. The van der Waals surface area contributed by atoms with Crippen LogP contribution in [0.1, 0.15) is 51.4 Å². The second-order valence-corrected chi connectivity index (χ2v) is 5.81. The highest BCUT2D eigenvalue weighted by molar-refractivity contribution is 5.81. The zero-order valence-electron chi connectivity index (χ0n) is 11.4.